The van der Waals surface area contributed by atoms with Gasteiger partial charge in [0.05, 0.1) is 0 Å². The van der Waals surface area contributed by atoms with Crippen molar-refractivity contribution in [1.29, 1.82) is 0 Å². The van der Waals surface area contributed by atoms with Crippen molar-refractivity contribution in [3.63, 3.8) is 0 Å². The third-order valence-corrected chi connectivity index (χ3v) is 4.58. The van der Waals surface area contributed by atoms with Crippen LogP contribution in [0.5, 0.6) is 0 Å². The monoisotopic (exact) mass is 184 g/mol. The zero-order valence-corrected chi connectivity index (χ0v) is 10.7. The van der Waals surface area contributed by atoms with E-state index in [-0.39, 0.29) is 0 Å². The molecule has 0 saturated heterocycles. The number of hydrogen-bond donors (Lipinski definition) is 0. The Morgan fingerprint density at radius 2 is 1.46 bits per heavy atom. The fourth-order valence-corrected chi connectivity index (χ4v) is 1.92. The molecule has 0 amide bonds. The van der Waals surface area contributed by atoms with Crippen LogP contribution in [0.4, 0.5) is 0 Å². The molecule has 0 N–H and O–H groups in total. The van der Waals surface area contributed by atoms with Crippen LogP contribution in [0.3, 0.4) is 0 Å². The molecule has 0 rings (SSSR count). The van der Waals surface area contributed by atoms with E-state index in [1.807, 2.05) is 0 Å². The summed E-state index contributed by atoms with van der Waals surface area (Å²) in [6.07, 6.45) is 3.94. The van der Waals surface area contributed by atoms with Crippen LogP contribution >= 0.6 is 0 Å². The van der Waals surface area contributed by atoms with Crippen LogP contribution in [-0.4, -0.2) is 0 Å². The van der Waals surface area contributed by atoms with E-state index in [1.54, 1.807) is 0 Å². The van der Waals surface area contributed by atoms with Crippen LogP contribution in [-0.2, 0) is 0 Å². The minimum absolute atomic E-state index is 0.456. The van der Waals surface area contributed by atoms with Gasteiger partial charge < -0.3 is 0 Å². The molecule has 0 saturated carbocycles. The molecule has 0 aliphatic rings. The maximum atomic E-state index is 2.43. The third kappa shape index (κ3) is 2.72. The average Bonchev–Trinajstić information content (AvgIpc) is 2.04. The largest absolute Gasteiger partial charge is 0.0654 e. The molecule has 1 unspecified atom stereocenters. The summed E-state index contributed by atoms with van der Waals surface area (Å²) < 4.78 is 0. The smallest absolute Gasteiger partial charge is 0.0277 e. The van der Waals surface area contributed by atoms with Crippen molar-refractivity contribution in [2.45, 2.75) is 67.7 Å². The first kappa shape index (κ1) is 13.0. The Balaban J connectivity index is 4.53. The number of hydrogen-bond acceptors (Lipinski definition) is 0. The van der Waals surface area contributed by atoms with Gasteiger partial charge in [-0.3, -0.25) is 0 Å². The lowest BCUT2D eigenvalue weighted by Gasteiger charge is -2.46. The van der Waals surface area contributed by atoms with E-state index in [4.69, 9.17) is 0 Å². The van der Waals surface area contributed by atoms with Crippen LogP contribution in [0.2, 0.25) is 0 Å². The van der Waals surface area contributed by atoms with Crippen LogP contribution < -0.4 is 0 Å². The SMILES string of the molecule is CCCC(C)C(C)(C)C(C)(C)CC. The predicted octanol–water partition coefficient (Wildman–Crippen LogP) is 4.89. The van der Waals surface area contributed by atoms with Gasteiger partial charge in [-0.25, -0.2) is 0 Å². The first-order valence-electron chi connectivity index (χ1n) is 5.79. The highest BCUT2D eigenvalue weighted by Gasteiger charge is 2.38. The summed E-state index contributed by atoms with van der Waals surface area (Å²) in [6, 6.07) is 0. The summed E-state index contributed by atoms with van der Waals surface area (Å²) in [4.78, 5) is 0. The summed E-state index contributed by atoms with van der Waals surface area (Å²) in [6.45, 7) is 16.7. The molecule has 0 nitrogen and oxygen atoms in total. The van der Waals surface area contributed by atoms with Crippen molar-refractivity contribution >= 4 is 0 Å². The minimum Gasteiger partial charge on any atom is -0.0654 e. The molecule has 0 heterocycles. The Bertz CT molecular complexity index is 142. The molecule has 0 aromatic rings. The van der Waals surface area contributed by atoms with E-state index in [2.05, 4.69) is 48.5 Å². The second-order valence-electron chi connectivity index (χ2n) is 5.65. The van der Waals surface area contributed by atoms with E-state index >= 15 is 0 Å². The molecule has 0 aliphatic carbocycles. The van der Waals surface area contributed by atoms with E-state index in [9.17, 15) is 0 Å². The molecule has 0 fully saturated rings. The van der Waals surface area contributed by atoms with Crippen molar-refractivity contribution in [2.75, 3.05) is 0 Å². The maximum absolute atomic E-state index is 2.43. The highest BCUT2D eigenvalue weighted by Crippen LogP contribution is 2.47. The topological polar surface area (TPSA) is 0 Å². The van der Waals surface area contributed by atoms with E-state index < -0.39 is 0 Å². The molecule has 0 aliphatic heterocycles. The summed E-state index contributed by atoms with van der Waals surface area (Å²) in [5, 5.41) is 0. The fraction of sp³-hybridized carbons (Fsp3) is 1.00. The first-order valence-corrected chi connectivity index (χ1v) is 5.79. The van der Waals surface area contributed by atoms with Gasteiger partial charge in [0, 0.05) is 0 Å². The molecule has 80 valence electrons. The third-order valence-electron chi connectivity index (χ3n) is 4.58. The minimum atomic E-state index is 0.456. The predicted molar refractivity (Wildman–Crippen MR) is 61.9 cm³/mol. The van der Waals surface area contributed by atoms with Crippen LogP contribution in [0.1, 0.15) is 67.7 Å². The molecule has 1 atom stereocenters. The molecule has 0 bridgehead atoms. The zero-order valence-electron chi connectivity index (χ0n) is 10.7. The maximum Gasteiger partial charge on any atom is -0.0277 e. The number of rotatable bonds is 5. The fourth-order valence-electron chi connectivity index (χ4n) is 1.92. The van der Waals surface area contributed by atoms with Gasteiger partial charge in [-0.15, -0.1) is 0 Å². The second-order valence-corrected chi connectivity index (χ2v) is 5.65. The van der Waals surface area contributed by atoms with Gasteiger partial charge in [-0.1, -0.05) is 67.7 Å². The zero-order chi connectivity index (χ0) is 10.7. The van der Waals surface area contributed by atoms with Crippen molar-refractivity contribution in [3.8, 4) is 0 Å². The molecule has 0 aromatic heterocycles. The van der Waals surface area contributed by atoms with Crippen molar-refractivity contribution in [3.05, 3.63) is 0 Å². The Labute approximate surface area is 85.1 Å². The van der Waals surface area contributed by atoms with Crippen molar-refractivity contribution in [1.82, 2.24) is 0 Å². The molecule has 0 heteroatoms. The Morgan fingerprint density at radius 1 is 1.00 bits per heavy atom. The van der Waals surface area contributed by atoms with Crippen LogP contribution in [0.15, 0.2) is 0 Å². The molecular formula is C13H28. The lowest BCUT2D eigenvalue weighted by molar-refractivity contribution is 0.0392. The Kier molecular flexibility index (Phi) is 4.48. The van der Waals surface area contributed by atoms with E-state index in [0.717, 1.165) is 5.92 Å². The summed E-state index contributed by atoms with van der Waals surface area (Å²) in [5.41, 5.74) is 0.916. The molecule has 13 heavy (non-hydrogen) atoms. The van der Waals surface area contributed by atoms with E-state index in [0.29, 0.717) is 10.8 Å². The molecule has 0 spiro atoms. The van der Waals surface area contributed by atoms with Crippen LogP contribution in [0, 0.1) is 16.7 Å². The quantitative estimate of drug-likeness (QED) is 0.571. The highest BCUT2D eigenvalue weighted by atomic mass is 14.4. The van der Waals surface area contributed by atoms with Gasteiger partial charge >= 0.3 is 0 Å². The lowest BCUT2D eigenvalue weighted by Crippen LogP contribution is -2.37. The first-order chi connectivity index (χ1) is 5.79. The van der Waals surface area contributed by atoms with Gasteiger partial charge in [-0.05, 0) is 16.7 Å². The second kappa shape index (κ2) is 4.48. The van der Waals surface area contributed by atoms with Gasteiger partial charge in [0.25, 0.3) is 0 Å². The Hall–Kier alpha value is 0. The summed E-state index contributed by atoms with van der Waals surface area (Å²) in [7, 11) is 0. The molecular weight excluding hydrogens is 156 g/mol. The standard InChI is InChI=1S/C13H28/c1-8-10-11(3)13(6,7)12(4,5)9-2/h11H,8-10H2,1-7H3. The molecule has 0 aromatic carbocycles. The van der Waals surface area contributed by atoms with Gasteiger partial charge in [-0.2, -0.15) is 0 Å². The van der Waals surface area contributed by atoms with Gasteiger partial charge in [0.1, 0.15) is 0 Å². The van der Waals surface area contributed by atoms with Gasteiger partial charge in [0.2, 0.25) is 0 Å². The normalized spacial score (nSPS) is 15.9. The lowest BCUT2D eigenvalue weighted by atomic mass is 9.59. The van der Waals surface area contributed by atoms with Crippen molar-refractivity contribution in [2.24, 2.45) is 16.7 Å². The van der Waals surface area contributed by atoms with Crippen molar-refractivity contribution < 1.29 is 0 Å². The highest BCUT2D eigenvalue weighted by molar-refractivity contribution is 4.88. The van der Waals surface area contributed by atoms with E-state index in [1.165, 1.54) is 19.3 Å². The average molecular weight is 184 g/mol. The summed E-state index contributed by atoms with van der Waals surface area (Å²) in [5.74, 6) is 0.826. The molecule has 0 radical (unpaired) electrons. The van der Waals surface area contributed by atoms with Crippen LogP contribution in [0.25, 0.3) is 0 Å². The van der Waals surface area contributed by atoms with Gasteiger partial charge in [0.15, 0.2) is 0 Å². The summed E-state index contributed by atoms with van der Waals surface area (Å²) >= 11 is 0. The Morgan fingerprint density at radius 3 is 1.77 bits per heavy atom.